The largest absolute Gasteiger partial charge is 0.491 e. The third-order valence-electron chi connectivity index (χ3n) is 3.43. The molecular weight excluding hydrogens is 270 g/mol. The van der Waals surface area contributed by atoms with E-state index in [0.29, 0.717) is 17.8 Å². The molecule has 0 radical (unpaired) electrons. The Balaban J connectivity index is 1.67. The van der Waals surface area contributed by atoms with E-state index in [4.69, 9.17) is 15.6 Å². The minimum absolute atomic E-state index is 0.102. The molecule has 0 bridgehead atoms. The van der Waals surface area contributed by atoms with Crippen molar-refractivity contribution in [3.8, 4) is 5.75 Å². The van der Waals surface area contributed by atoms with E-state index in [9.17, 15) is 5.11 Å². The fourth-order valence-electron chi connectivity index (χ4n) is 2.22. The molecule has 2 rings (SSSR count). The molecule has 0 amide bonds. The lowest BCUT2D eigenvalue weighted by Gasteiger charge is -2.11. The zero-order valence-electron chi connectivity index (χ0n) is 12.0. The van der Waals surface area contributed by atoms with Crippen molar-refractivity contribution in [3.63, 3.8) is 0 Å². The average molecular weight is 293 g/mol. The summed E-state index contributed by atoms with van der Waals surface area (Å²) in [7, 11) is 0. The third kappa shape index (κ3) is 5.24. The molecule has 1 aliphatic heterocycles. The van der Waals surface area contributed by atoms with E-state index in [1.54, 1.807) is 0 Å². The number of aliphatic imine (C=N–C) groups is 1. The van der Waals surface area contributed by atoms with Gasteiger partial charge in [-0.3, -0.25) is 4.99 Å². The second kappa shape index (κ2) is 7.85. The molecule has 1 heterocycles. The predicted molar refractivity (Wildman–Crippen MR) is 81.4 cm³/mol. The van der Waals surface area contributed by atoms with Gasteiger partial charge in [-0.25, -0.2) is 0 Å². The molecule has 21 heavy (non-hydrogen) atoms. The molecule has 0 spiro atoms. The van der Waals surface area contributed by atoms with Crippen LogP contribution in [0.15, 0.2) is 29.3 Å². The number of rotatable bonds is 8. The van der Waals surface area contributed by atoms with Crippen LogP contribution in [-0.4, -0.2) is 48.1 Å². The zero-order valence-corrected chi connectivity index (χ0v) is 12.0. The van der Waals surface area contributed by atoms with Crippen molar-refractivity contribution in [3.05, 3.63) is 29.8 Å². The average Bonchev–Trinajstić information content (AvgIpc) is 2.91. The van der Waals surface area contributed by atoms with Gasteiger partial charge in [0.25, 0.3) is 0 Å². The Hall–Kier alpha value is -1.79. The summed E-state index contributed by atoms with van der Waals surface area (Å²) in [4.78, 5) is 4.13. The van der Waals surface area contributed by atoms with Crippen molar-refractivity contribution in [1.82, 2.24) is 5.32 Å². The van der Waals surface area contributed by atoms with E-state index in [1.165, 1.54) is 5.56 Å². The molecule has 1 aromatic carbocycles. The Bertz CT molecular complexity index is 462. The maximum absolute atomic E-state index is 9.21. The molecular formula is C15H23N3O3. The molecule has 6 nitrogen and oxygen atoms in total. The van der Waals surface area contributed by atoms with Gasteiger partial charge in [0, 0.05) is 6.04 Å². The summed E-state index contributed by atoms with van der Waals surface area (Å²) in [5.41, 5.74) is 6.82. The van der Waals surface area contributed by atoms with Crippen molar-refractivity contribution in [1.29, 1.82) is 0 Å². The van der Waals surface area contributed by atoms with Crippen LogP contribution in [0.5, 0.6) is 5.75 Å². The molecule has 1 aromatic rings. The number of ether oxygens (including phenoxy) is 1. The van der Waals surface area contributed by atoms with Gasteiger partial charge in [0.15, 0.2) is 5.96 Å². The quantitative estimate of drug-likeness (QED) is 0.542. The molecule has 0 fully saturated rings. The predicted octanol–water partition coefficient (Wildman–Crippen LogP) is 0.0278. The molecule has 0 aliphatic carbocycles. The standard InChI is InChI=1S/C15H23N3O3/c16-15-17-8-12(18-15)3-1-2-11-4-6-14(7-5-11)21-10-13(20)9-19/h4-7,12-13,19-20H,1-3,8-10H2,(H3,16,17,18)/t12-,13+/m0/s1. The molecule has 0 saturated carbocycles. The van der Waals surface area contributed by atoms with Crippen LogP contribution in [0.25, 0.3) is 0 Å². The lowest BCUT2D eigenvalue weighted by atomic mass is 10.0. The number of nitrogens with two attached hydrogens (primary N) is 1. The van der Waals surface area contributed by atoms with Gasteiger partial charge in [-0.2, -0.15) is 0 Å². The highest BCUT2D eigenvalue weighted by Crippen LogP contribution is 2.15. The number of aryl methyl sites for hydroxylation is 1. The van der Waals surface area contributed by atoms with Crippen LogP contribution in [-0.2, 0) is 6.42 Å². The van der Waals surface area contributed by atoms with Gasteiger partial charge in [-0.15, -0.1) is 0 Å². The Morgan fingerprint density at radius 2 is 2.14 bits per heavy atom. The first-order chi connectivity index (χ1) is 10.2. The number of benzene rings is 1. The summed E-state index contributed by atoms with van der Waals surface area (Å²) in [5, 5.41) is 21.1. The van der Waals surface area contributed by atoms with E-state index in [1.807, 2.05) is 24.3 Å². The molecule has 0 unspecified atom stereocenters. The number of hydrogen-bond acceptors (Lipinski definition) is 6. The molecule has 0 saturated heterocycles. The Kier molecular flexibility index (Phi) is 5.83. The van der Waals surface area contributed by atoms with Gasteiger partial charge >= 0.3 is 0 Å². The van der Waals surface area contributed by atoms with Crippen molar-refractivity contribution in [2.45, 2.75) is 31.4 Å². The summed E-state index contributed by atoms with van der Waals surface area (Å²) < 4.78 is 5.36. The van der Waals surface area contributed by atoms with E-state index < -0.39 is 6.10 Å². The fraction of sp³-hybridized carbons (Fsp3) is 0.533. The highest BCUT2D eigenvalue weighted by Gasteiger charge is 2.14. The number of aliphatic hydroxyl groups excluding tert-OH is 2. The normalized spacial score (nSPS) is 19.0. The Morgan fingerprint density at radius 1 is 1.38 bits per heavy atom. The fourth-order valence-corrected chi connectivity index (χ4v) is 2.22. The highest BCUT2D eigenvalue weighted by atomic mass is 16.5. The van der Waals surface area contributed by atoms with Gasteiger partial charge in [-0.05, 0) is 37.0 Å². The lowest BCUT2D eigenvalue weighted by molar-refractivity contribution is 0.0536. The Labute approximate surface area is 124 Å². The van der Waals surface area contributed by atoms with Gasteiger partial charge in [-0.1, -0.05) is 12.1 Å². The smallest absolute Gasteiger partial charge is 0.188 e. The molecule has 116 valence electrons. The summed E-state index contributed by atoms with van der Waals surface area (Å²) in [6, 6.07) is 8.18. The van der Waals surface area contributed by atoms with Crippen LogP contribution in [0.3, 0.4) is 0 Å². The second-order valence-corrected chi connectivity index (χ2v) is 5.25. The topological polar surface area (TPSA) is 100 Å². The first kappa shape index (κ1) is 15.6. The first-order valence-electron chi connectivity index (χ1n) is 7.24. The summed E-state index contributed by atoms with van der Waals surface area (Å²) in [5.74, 6) is 1.25. The zero-order chi connectivity index (χ0) is 15.1. The monoisotopic (exact) mass is 293 g/mol. The second-order valence-electron chi connectivity index (χ2n) is 5.25. The number of guanidine groups is 1. The van der Waals surface area contributed by atoms with Gasteiger partial charge in [0.1, 0.15) is 18.5 Å². The third-order valence-corrected chi connectivity index (χ3v) is 3.43. The van der Waals surface area contributed by atoms with Crippen molar-refractivity contribution in [2.75, 3.05) is 19.8 Å². The molecule has 0 aromatic heterocycles. The number of aliphatic hydroxyl groups is 2. The van der Waals surface area contributed by atoms with Gasteiger partial charge < -0.3 is 26.0 Å². The first-order valence-corrected chi connectivity index (χ1v) is 7.24. The SMILES string of the molecule is NC1=NC[C@H](CCCc2ccc(OC[C@H](O)CO)cc2)N1. The molecule has 1 aliphatic rings. The number of nitrogens with one attached hydrogen (secondary N) is 1. The van der Waals surface area contributed by atoms with E-state index >= 15 is 0 Å². The lowest BCUT2D eigenvalue weighted by Crippen LogP contribution is -2.34. The van der Waals surface area contributed by atoms with Crippen LogP contribution < -0.4 is 15.8 Å². The van der Waals surface area contributed by atoms with E-state index in [-0.39, 0.29) is 13.2 Å². The van der Waals surface area contributed by atoms with E-state index in [2.05, 4.69) is 10.3 Å². The van der Waals surface area contributed by atoms with Gasteiger partial charge in [0.2, 0.25) is 0 Å². The van der Waals surface area contributed by atoms with Gasteiger partial charge in [0.05, 0.1) is 13.2 Å². The Morgan fingerprint density at radius 3 is 2.76 bits per heavy atom. The van der Waals surface area contributed by atoms with E-state index in [0.717, 1.165) is 25.8 Å². The number of hydrogen-bond donors (Lipinski definition) is 4. The summed E-state index contributed by atoms with van der Waals surface area (Å²) >= 11 is 0. The molecule has 6 heteroatoms. The minimum Gasteiger partial charge on any atom is -0.491 e. The molecule has 2 atom stereocenters. The minimum atomic E-state index is -0.835. The van der Waals surface area contributed by atoms with Crippen LogP contribution >= 0.6 is 0 Å². The maximum Gasteiger partial charge on any atom is 0.188 e. The summed E-state index contributed by atoms with van der Waals surface area (Å²) in [6.07, 6.45) is 2.28. The van der Waals surface area contributed by atoms with Crippen LogP contribution in [0, 0.1) is 0 Å². The van der Waals surface area contributed by atoms with Crippen LogP contribution in [0.1, 0.15) is 18.4 Å². The maximum atomic E-state index is 9.21. The van der Waals surface area contributed by atoms with Crippen molar-refractivity contribution < 1.29 is 14.9 Å². The van der Waals surface area contributed by atoms with Crippen LogP contribution in [0.2, 0.25) is 0 Å². The van der Waals surface area contributed by atoms with Crippen molar-refractivity contribution in [2.24, 2.45) is 10.7 Å². The summed E-state index contributed by atoms with van der Waals surface area (Å²) in [6.45, 7) is 0.581. The number of nitrogens with zero attached hydrogens (tertiary/aromatic N) is 1. The van der Waals surface area contributed by atoms with Crippen LogP contribution in [0.4, 0.5) is 0 Å². The van der Waals surface area contributed by atoms with Crippen molar-refractivity contribution >= 4 is 5.96 Å². The highest BCUT2D eigenvalue weighted by molar-refractivity contribution is 5.79. The molecule has 5 N–H and O–H groups in total.